The molecule has 0 aromatic carbocycles. The van der Waals surface area contributed by atoms with Crippen LogP contribution in [0.2, 0.25) is 0 Å². The van der Waals surface area contributed by atoms with Crippen LogP contribution in [0.1, 0.15) is 32.1 Å². The first-order valence-electron chi connectivity index (χ1n) is 6.02. The van der Waals surface area contributed by atoms with E-state index in [0.717, 1.165) is 12.8 Å². The molecule has 2 N–H and O–H groups in total. The van der Waals surface area contributed by atoms with E-state index in [4.69, 9.17) is 9.84 Å². The molecule has 1 aliphatic carbocycles. The van der Waals surface area contributed by atoms with Gasteiger partial charge in [0, 0.05) is 25.7 Å². The van der Waals surface area contributed by atoms with Crippen LogP contribution >= 0.6 is 0 Å². The average Bonchev–Trinajstić information content (AvgIpc) is 3.03. The lowest BCUT2D eigenvalue weighted by Gasteiger charge is -2.14. The molecule has 0 aromatic rings. The minimum Gasteiger partial charge on any atom is -0.480 e. The number of hydrogen-bond donors (Lipinski definition) is 2. The molecule has 0 spiro atoms. The molecule has 1 rings (SSSR count). The first-order chi connectivity index (χ1) is 8.38. The van der Waals surface area contributed by atoms with Crippen molar-refractivity contribution in [3.63, 3.8) is 0 Å². The lowest BCUT2D eigenvalue weighted by molar-refractivity contribution is -0.140. The standard InChI is InChI=1S/C11H18F3NO3/c12-11(13,14)5-1-6-18-7-4-9(10(16)17)15-8-2-3-8/h8-9,15H,1-7H2,(H,16,17). The second-order valence-electron chi connectivity index (χ2n) is 4.45. The third-order valence-corrected chi connectivity index (χ3v) is 2.61. The highest BCUT2D eigenvalue weighted by molar-refractivity contribution is 5.73. The summed E-state index contributed by atoms with van der Waals surface area (Å²) in [5.41, 5.74) is 0. The summed E-state index contributed by atoms with van der Waals surface area (Å²) in [4.78, 5) is 10.8. The number of rotatable bonds is 9. The molecule has 0 aliphatic heterocycles. The van der Waals surface area contributed by atoms with Crippen molar-refractivity contribution in [3.05, 3.63) is 0 Å². The van der Waals surface area contributed by atoms with Crippen LogP contribution in [0.3, 0.4) is 0 Å². The molecule has 1 aliphatic rings. The molecule has 1 saturated carbocycles. The van der Waals surface area contributed by atoms with E-state index in [1.54, 1.807) is 0 Å². The zero-order valence-corrected chi connectivity index (χ0v) is 10.0. The average molecular weight is 269 g/mol. The van der Waals surface area contributed by atoms with E-state index in [1.807, 2.05) is 0 Å². The fourth-order valence-electron chi connectivity index (χ4n) is 1.49. The van der Waals surface area contributed by atoms with Crippen molar-refractivity contribution < 1.29 is 27.8 Å². The maximum absolute atomic E-state index is 11.8. The van der Waals surface area contributed by atoms with Crippen molar-refractivity contribution >= 4 is 5.97 Å². The molecule has 1 unspecified atom stereocenters. The number of carbonyl (C=O) groups is 1. The summed E-state index contributed by atoms with van der Waals surface area (Å²) in [5.74, 6) is -0.944. The van der Waals surface area contributed by atoms with Gasteiger partial charge in [-0.3, -0.25) is 4.79 Å². The van der Waals surface area contributed by atoms with E-state index in [9.17, 15) is 18.0 Å². The number of ether oxygens (including phenoxy) is 1. The van der Waals surface area contributed by atoms with E-state index in [2.05, 4.69) is 5.32 Å². The summed E-state index contributed by atoms with van der Waals surface area (Å²) in [6.45, 7) is 0.170. The molecule has 7 heteroatoms. The van der Waals surface area contributed by atoms with E-state index >= 15 is 0 Å². The minimum atomic E-state index is -4.15. The monoisotopic (exact) mass is 269 g/mol. The van der Waals surface area contributed by atoms with Crippen LogP contribution in [0, 0.1) is 0 Å². The SMILES string of the molecule is O=C(O)C(CCOCCCC(F)(F)F)NC1CC1. The molecule has 1 atom stereocenters. The Hall–Kier alpha value is -0.820. The summed E-state index contributed by atoms with van der Waals surface area (Å²) in [5, 5.41) is 11.8. The highest BCUT2D eigenvalue weighted by Crippen LogP contribution is 2.21. The van der Waals surface area contributed by atoms with Gasteiger partial charge in [0.2, 0.25) is 0 Å². The van der Waals surface area contributed by atoms with Crippen LogP contribution in [-0.4, -0.2) is 42.5 Å². The van der Waals surface area contributed by atoms with Gasteiger partial charge in [0.25, 0.3) is 0 Å². The van der Waals surface area contributed by atoms with Gasteiger partial charge >= 0.3 is 12.1 Å². The van der Waals surface area contributed by atoms with Crippen molar-refractivity contribution in [2.24, 2.45) is 0 Å². The predicted molar refractivity (Wildman–Crippen MR) is 58.3 cm³/mol. The van der Waals surface area contributed by atoms with E-state index in [-0.39, 0.29) is 32.1 Å². The Labute approximate surface area is 103 Å². The van der Waals surface area contributed by atoms with Gasteiger partial charge in [-0.15, -0.1) is 0 Å². The van der Waals surface area contributed by atoms with Crippen molar-refractivity contribution in [3.8, 4) is 0 Å². The zero-order chi connectivity index (χ0) is 13.6. The number of alkyl halides is 3. The number of aliphatic carboxylic acids is 1. The Bertz CT molecular complexity index is 267. The number of halogens is 3. The van der Waals surface area contributed by atoms with Gasteiger partial charge in [-0.05, 0) is 25.7 Å². The van der Waals surface area contributed by atoms with Crippen LogP contribution in [0.5, 0.6) is 0 Å². The highest BCUT2D eigenvalue weighted by atomic mass is 19.4. The van der Waals surface area contributed by atoms with Gasteiger partial charge in [-0.2, -0.15) is 13.2 Å². The van der Waals surface area contributed by atoms with E-state index < -0.39 is 24.6 Å². The number of hydrogen-bond acceptors (Lipinski definition) is 3. The summed E-state index contributed by atoms with van der Waals surface area (Å²) in [7, 11) is 0. The van der Waals surface area contributed by atoms with E-state index in [0.29, 0.717) is 0 Å². The summed E-state index contributed by atoms with van der Waals surface area (Å²) >= 11 is 0. The third kappa shape index (κ3) is 7.50. The molecular weight excluding hydrogens is 251 g/mol. The molecule has 0 amide bonds. The van der Waals surface area contributed by atoms with Crippen molar-refractivity contribution in [1.29, 1.82) is 0 Å². The molecule has 1 fully saturated rings. The maximum atomic E-state index is 11.8. The fourth-order valence-corrected chi connectivity index (χ4v) is 1.49. The van der Waals surface area contributed by atoms with Crippen molar-refractivity contribution in [1.82, 2.24) is 5.32 Å². The van der Waals surface area contributed by atoms with Crippen LogP contribution < -0.4 is 5.32 Å². The number of nitrogens with one attached hydrogen (secondary N) is 1. The molecule has 18 heavy (non-hydrogen) atoms. The minimum absolute atomic E-state index is 0.00920. The Kier molecular flexibility index (Phi) is 5.87. The fraction of sp³-hybridized carbons (Fsp3) is 0.909. The van der Waals surface area contributed by atoms with Crippen LogP contribution in [0.15, 0.2) is 0 Å². The second kappa shape index (κ2) is 6.94. The molecule has 0 heterocycles. The lowest BCUT2D eigenvalue weighted by atomic mass is 10.2. The molecular formula is C11H18F3NO3. The van der Waals surface area contributed by atoms with Crippen LogP contribution in [-0.2, 0) is 9.53 Å². The van der Waals surface area contributed by atoms with Gasteiger partial charge in [0.15, 0.2) is 0 Å². The Morgan fingerprint density at radius 3 is 2.56 bits per heavy atom. The van der Waals surface area contributed by atoms with Gasteiger partial charge in [0.1, 0.15) is 6.04 Å². The molecule has 0 bridgehead atoms. The third-order valence-electron chi connectivity index (χ3n) is 2.61. The number of carboxylic acid groups (broad SMARTS) is 1. The molecule has 0 aromatic heterocycles. The summed E-state index contributed by atoms with van der Waals surface area (Å²) in [6.07, 6.45) is -2.86. The van der Waals surface area contributed by atoms with Gasteiger partial charge in [-0.1, -0.05) is 0 Å². The van der Waals surface area contributed by atoms with Crippen molar-refractivity contribution in [2.75, 3.05) is 13.2 Å². The van der Waals surface area contributed by atoms with Gasteiger partial charge in [-0.25, -0.2) is 0 Å². The smallest absolute Gasteiger partial charge is 0.389 e. The Morgan fingerprint density at radius 1 is 1.39 bits per heavy atom. The topological polar surface area (TPSA) is 58.6 Å². The highest BCUT2D eigenvalue weighted by Gasteiger charge is 2.28. The summed E-state index contributed by atoms with van der Waals surface area (Å²) in [6, 6.07) is -0.392. The maximum Gasteiger partial charge on any atom is 0.389 e. The molecule has 0 radical (unpaired) electrons. The number of carboxylic acids is 1. The van der Waals surface area contributed by atoms with Gasteiger partial charge < -0.3 is 15.2 Å². The normalized spacial score (nSPS) is 17.7. The Morgan fingerprint density at radius 2 is 2.06 bits per heavy atom. The predicted octanol–water partition coefficient (Wildman–Crippen LogP) is 1.94. The van der Waals surface area contributed by atoms with Crippen LogP contribution in [0.25, 0.3) is 0 Å². The quantitative estimate of drug-likeness (QED) is 0.628. The van der Waals surface area contributed by atoms with Crippen LogP contribution in [0.4, 0.5) is 13.2 Å². The zero-order valence-electron chi connectivity index (χ0n) is 10.0. The lowest BCUT2D eigenvalue weighted by Crippen LogP contribution is -2.39. The summed E-state index contributed by atoms with van der Waals surface area (Å²) < 4.78 is 40.4. The first kappa shape index (κ1) is 15.2. The molecule has 4 nitrogen and oxygen atoms in total. The van der Waals surface area contributed by atoms with Gasteiger partial charge in [0.05, 0.1) is 0 Å². The Balaban J connectivity index is 2.02. The largest absolute Gasteiger partial charge is 0.480 e. The van der Waals surface area contributed by atoms with Crippen molar-refractivity contribution in [2.45, 2.75) is 50.4 Å². The van der Waals surface area contributed by atoms with E-state index in [1.165, 1.54) is 0 Å². The second-order valence-corrected chi connectivity index (χ2v) is 4.45. The molecule has 0 saturated heterocycles. The molecule has 106 valence electrons. The first-order valence-corrected chi connectivity index (χ1v) is 6.02.